The van der Waals surface area contributed by atoms with E-state index in [-0.39, 0.29) is 11.3 Å². The number of hydrogen-bond donors (Lipinski definition) is 1. The predicted octanol–water partition coefficient (Wildman–Crippen LogP) is 2.98. The molecule has 1 N–H and O–H groups in total. The third-order valence-electron chi connectivity index (χ3n) is 6.15. The number of benzene rings is 1. The van der Waals surface area contributed by atoms with Crippen molar-refractivity contribution in [2.24, 2.45) is 0 Å². The SMILES string of the molecule is COc1cc(C2C(C(=O)c3ccco3)=C(O)C(=O)N2CCN2CCCC2)cc(OC)c1OC. The fraction of sp³-hybridized carbons (Fsp3) is 0.417. The van der Waals surface area contributed by atoms with Crippen LogP contribution in [-0.2, 0) is 4.79 Å². The van der Waals surface area contributed by atoms with Crippen molar-refractivity contribution in [2.45, 2.75) is 18.9 Å². The summed E-state index contributed by atoms with van der Waals surface area (Å²) < 4.78 is 21.6. The molecule has 3 heterocycles. The average Bonchev–Trinajstić information content (AvgIpc) is 3.59. The van der Waals surface area contributed by atoms with E-state index in [2.05, 4.69) is 4.90 Å². The number of Topliss-reactive ketones (excluding diaryl/α,β-unsaturated/α-hetero) is 1. The summed E-state index contributed by atoms with van der Waals surface area (Å²) in [6, 6.07) is 5.63. The summed E-state index contributed by atoms with van der Waals surface area (Å²) in [4.78, 5) is 30.2. The minimum atomic E-state index is -0.841. The Bertz CT molecular complexity index is 1030. The van der Waals surface area contributed by atoms with Crippen LogP contribution in [0.4, 0.5) is 0 Å². The van der Waals surface area contributed by atoms with E-state index >= 15 is 0 Å². The fourth-order valence-electron chi connectivity index (χ4n) is 4.52. The van der Waals surface area contributed by atoms with Crippen LogP contribution in [0, 0.1) is 0 Å². The van der Waals surface area contributed by atoms with Crippen molar-refractivity contribution in [2.75, 3.05) is 47.5 Å². The first-order chi connectivity index (χ1) is 16.0. The third kappa shape index (κ3) is 4.16. The number of rotatable bonds is 9. The maximum absolute atomic E-state index is 13.3. The van der Waals surface area contributed by atoms with Crippen molar-refractivity contribution in [3.63, 3.8) is 0 Å². The van der Waals surface area contributed by atoms with E-state index in [1.807, 2.05) is 0 Å². The standard InChI is InChI=1S/C24H28N2O7/c1-30-17-13-15(14-18(31-2)23(17)32-3)20-19(21(27)16-7-6-12-33-16)22(28)24(29)26(20)11-10-25-8-4-5-9-25/h6-7,12-14,20,28H,4-5,8-11H2,1-3H3. The summed E-state index contributed by atoms with van der Waals surface area (Å²) in [5.74, 6) is -0.510. The summed E-state index contributed by atoms with van der Waals surface area (Å²) in [7, 11) is 4.49. The summed E-state index contributed by atoms with van der Waals surface area (Å²) in [6.45, 7) is 2.92. The predicted molar refractivity (Wildman–Crippen MR) is 119 cm³/mol. The topological polar surface area (TPSA) is 102 Å². The summed E-state index contributed by atoms with van der Waals surface area (Å²) in [5, 5.41) is 10.8. The Labute approximate surface area is 192 Å². The minimum absolute atomic E-state index is 0.0364. The number of furan rings is 1. The van der Waals surface area contributed by atoms with Gasteiger partial charge in [-0.15, -0.1) is 0 Å². The molecule has 0 bridgehead atoms. The Hall–Kier alpha value is -3.46. The van der Waals surface area contributed by atoms with Crippen LogP contribution < -0.4 is 14.2 Å². The zero-order chi connectivity index (χ0) is 23.5. The number of methoxy groups -OCH3 is 3. The van der Waals surface area contributed by atoms with Crippen LogP contribution >= 0.6 is 0 Å². The molecule has 176 valence electrons. The molecule has 2 aliphatic rings. The molecular weight excluding hydrogens is 428 g/mol. The molecule has 0 saturated carbocycles. The Morgan fingerprint density at radius 2 is 1.76 bits per heavy atom. The molecule has 1 atom stereocenters. The molecule has 2 aliphatic heterocycles. The molecule has 1 aromatic heterocycles. The lowest BCUT2D eigenvalue weighted by molar-refractivity contribution is -0.129. The molecule has 1 amide bonds. The van der Waals surface area contributed by atoms with Gasteiger partial charge in [0, 0.05) is 13.1 Å². The van der Waals surface area contributed by atoms with Crippen LogP contribution in [0.5, 0.6) is 17.2 Å². The van der Waals surface area contributed by atoms with Crippen molar-refractivity contribution in [1.29, 1.82) is 0 Å². The molecule has 1 aromatic carbocycles. The highest BCUT2D eigenvalue weighted by Gasteiger charge is 2.45. The molecule has 1 unspecified atom stereocenters. The molecule has 2 aromatic rings. The Morgan fingerprint density at radius 3 is 2.30 bits per heavy atom. The number of carbonyl (C=O) groups excluding carboxylic acids is 2. The average molecular weight is 456 g/mol. The number of likely N-dealkylation sites (tertiary alicyclic amines) is 1. The summed E-state index contributed by atoms with van der Waals surface area (Å²) in [6.07, 6.45) is 3.62. The number of hydrogen-bond acceptors (Lipinski definition) is 8. The lowest BCUT2D eigenvalue weighted by Gasteiger charge is -2.29. The normalized spacial score (nSPS) is 18.8. The number of nitrogens with zero attached hydrogens (tertiary/aromatic N) is 2. The van der Waals surface area contributed by atoms with Crippen molar-refractivity contribution in [3.05, 3.63) is 53.2 Å². The molecule has 33 heavy (non-hydrogen) atoms. The Kier molecular flexibility index (Phi) is 6.60. The van der Waals surface area contributed by atoms with E-state index in [1.165, 1.54) is 38.6 Å². The van der Waals surface area contributed by atoms with Gasteiger partial charge in [-0.25, -0.2) is 0 Å². The van der Waals surface area contributed by atoms with Gasteiger partial charge in [0.1, 0.15) is 0 Å². The van der Waals surface area contributed by atoms with Gasteiger partial charge >= 0.3 is 0 Å². The lowest BCUT2D eigenvalue weighted by Crippen LogP contribution is -2.38. The first-order valence-electron chi connectivity index (χ1n) is 10.8. The lowest BCUT2D eigenvalue weighted by atomic mass is 9.94. The first-order valence-corrected chi connectivity index (χ1v) is 10.8. The van der Waals surface area contributed by atoms with E-state index < -0.39 is 23.5 Å². The molecule has 1 fully saturated rings. The number of aliphatic hydroxyl groups is 1. The van der Waals surface area contributed by atoms with Gasteiger partial charge in [-0.1, -0.05) is 0 Å². The zero-order valence-electron chi connectivity index (χ0n) is 19.0. The second-order valence-corrected chi connectivity index (χ2v) is 7.98. The number of aliphatic hydroxyl groups excluding tert-OH is 1. The van der Waals surface area contributed by atoms with Crippen molar-refractivity contribution in [3.8, 4) is 17.2 Å². The van der Waals surface area contributed by atoms with Gasteiger partial charge in [0.15, 0.2) is 23.0 Å². The van der Waals surface area contributed by atoms with Gasteiger partial charge < -0.3 is 33.5 Å². The molecule has 1 saturated heterocycles. The van der Waals surface area contributed by atoms with Crippen LogP contribution in [0.15, 0.2) is 46.3 Å². The molecule has 4 rings (SSSR count). The number of carbonyl (C=O) groups is 2. The Balaban J connectivity index is 1.79. The van der Waals surface area contributed by atoms with Gasteiger partial charge in [0.05, 0.1) is 39.2 Å². The highest BCUT2D eigenvalue weighted by atomic mass is 16.5. The third-order valence-corrected chi connectivity index (χ3v) is 6.15. The van der Waals surface area contributed by atoms with E-state index in [1.54, 1.807) is 18.2 Å². The fourth-order valence-corrected chi connectivity index (χ4v) is 4.52. The van der Waals surface area contributed by atoms with Crippen LogP contribution in [-0.4, -0.2) is 74.1 Å². The second kappa shape index (κ2) is 9.58. The van der Waals surface area contributed by atoms with Crippen molar-refractivity contribution in [1.82, 2.24) is 9.80 Å². The quantitative estimate of drug-likeness (QED) is 0.575. The van der Waals surface area contributed by atoms with Crippen molar-refractivity contribution < 1.29 is 33.3 Å². The monoisotopic (exact) mass is 456 g/mol. The van der Waals surface area contributed by atoms with Gasteiger partial charge in [-0.2, -0.15) is 0 Å². The van der Waals surface area contributed by atoms with E-state index in [9.17, 15) is 14.7 Å². The first kappa shape index (κ1) is 22.7. The molecule has 0 radical (unpaired) electrons. The molecular formula is C24H28N2O7. The van der Waals surface area contributed by atoms with Gasteiger partial charge in [0.25, 0.3) is 5.91 Å². The minimum Gasteiger partial charge on any atom is -0.503 e. The van der Waals surface area contributed by atoms with E-state index in [0.29, 0.717) is 35.9 Å². The maximum atomic E-state index is 13.3. The van der Waals surface area contributed by atoms with Gasteiger partial charge in [0.2, 0.25) is 11.5 Å². The molecule has 0 aliphatic carbocycles. The van der Waals surface area contributed by atoms with Gasteiger partial charge in [-0.3, -0.25) is 9.59 Å². The number of ketones is 1. The summed E-state index contributed by atoms with van der Waals surface area (Å²) in [5.41, 5.74) is 0.517. The zero-order valence-corrected chi connectivity index (χ0v) is 19.0. The van der Waals surface area contributed by atoms with Crippen LogP contribution in [0.3, 0.4) is 0 Å². The molecule has 0 spiro atoms. The van der Waals surface area contributed by atoms with Crippen LogP contribution in [0.25, 0.3) is 0 Å². The van der Waals surface area contributed by atoms with E-state index in [4.69, 9.17) is 18.6 Å². The number of amides is 1. The van der Waals surface area contributed by atoms with Gasteiger partial charge in [-0.05, 0) is 55.8 Å². The van der Waals surface area contributed by atoms with Crippen molar-refractivity contribution >= 4 is 11.7 Å². The second-order valence-electron chi connectivity index (χ2n) is 7.98. The van der Waals surface area contributed by atoms with E-state index in [0.717, 1.165) is 25.9 Å². The maximum Gasteiger partial charge on any atom is 0.290 e. The smallest absolute Gasteiger partial charge is 0.290 e. The highest BCUT2D eigenvalue weighted by Crippen LogP contribution is 2.45. The summed E-state index contributed by atoms with van der Waals surface area (Å²) >= 11 is 0. The molecule has 9 nitrogen and oxygen atoms in total. The molecule has 9 heteroatoms. The van der Waals surface area contributed by atoms with Crippen LogP contribution in [0.2, 0.25) is 0 Å². The highest BCUT2D eigenvalue weighted by molar-refractivity contribution is 6.15. The number of ether oxygens (including phenoxy) is 3. The largest absolute Gasteiger partial charge is 0.503 e. The van der Waals surface area contributed by atoms with Crippen LogP contribution in [0.1, 0.15) is 35.0 Å². The Morgan fingerprint density at radius 1 is 1.09 bits per heavy atom.